The van der Waals surface area contributed by atoms with E-state index in [1.54, 1.807) is 26.3 Å². The van der Waals surface area contributed by atoms with Gasteiger partial charge in [0.2, 0.25) is 0 Å². The first-order valence-corrected chi connectivity index (χ1v) is 7.73. The zero-order valence-corrected chi connectivity index (χ0v) is 14.0. The van der Waals surface area contributed by atoms with E-state index in [4.69, 9.17) is 16.3 Å². The summed E-state index contributed by atoms with van der Waals surface area (Å²) < 4.78 is 5.14. The van der Waals surface area contributed by atoms with Gasteiger partial charge in [0.25, 0.3) is 5.91 Å². The molecule has 118 valence electrons. The van der Waals surface area contributed by atoms with Crippen LogP contribution in [-0.2, 0) is 4.74 Å². The van der Waals surface area contributed by atoms with Gasteiger partial charge in [-0.2, -0.15) is 0 Å². The summed E-state index contributed by atoms with van der Waals surface area (Å²) in [5.74, 6) is -0.00685. The number of carbonyl (C=O) groups is 1. The van der Waals surface area contributed by atoms with Crippen LogP contribution < -0.4 is 5.32 Å². The van der Waals surface area contributed by atoms with Gasteiger partial charge in [-0.15, -0.1) is 0 Å². The van der Waals surface area contributed by atoms with Crippen molar-refractivity contribution in [3.8, 4) is 0 Å². The molecule has 5 heteroatoms. The van der Waals surface area contributed by atoms with Crippen molar-refractivity contribution in [2.24, 2.45) is 0 Å². The van der Waals surface area contributed by atoms with Crippen LogP contribution in [-0.4, -0.2) is 44.2 Å². The van der Waals surface area contributed by atoms with E-state index in [2.05, 4.69) is 19.2 Å². The van der Waals surface area contributed by atoms with Crippen LogP contribution in [0.4, 0.5) is 5.69 Å². The minimum atomic E-state index is -0.00685. The molecule has 21 heavy (non-hydrogen) atoms. The van der Waals surface area contributed by atoms with Crippen LogP contribution in [0.2, 0.25) is 5.02 Å². The quantitative estimate of drug-likeness (QED) is 0.796. The fraction of sp³-hybridized carbons (Fsp3) is 0.562. The number of amides is 1. The third-order valence-corrected chi connectivity index (χ3v) is 3.90. The van der Waals surface area contributed by atoms with E-state index >= 15 is 0 Å². The molecule has 0 radical (unpaired) electrons. The molecule has 1 rings (SSSR count). The van der Waals surface area contributed by atoms with Crippen LogP contribution in [0, 0.1) is 0 Å². The van der Waals surface area contributed by atoms with E-state index in [1.807, 2.05) is 11.0 Å². The summed E-state index contributed by atoms with van der Waals surface area (Å²) in [5.41, 5.74) is 1.39. The minimum absolute atomic E-state index is 0.00685. The number of rotatable bonds is 8. The lowest BCUT2D eigenvalue weighted by Crippen LogP contribution is -2.42. The smallest absolute Gasteiger partial charge is 0.256 e. The molecule has 0 bridgehead atoms. The zero-order chi connectivity index (χ0) is 15.8. The lowest BCUT2D eigenvalue weighted by molar-refractivity contribution is 0.0590. The standard InChI is InChI=1S/C16H25ClN2O2/c1-5-13(6-2)19(9-10-21-4)16(20)14-11-12(17)7-8-15(14)18-3/h7-8,11,13,18H,5-6,9-10H2,1-4H3. The van der Waals surface area contributed by atoms with E-state index in [9.17, 15) is 4.79 Å². The first-order valence-electron chi connectivity index (χ1n) is 7.36. The maximum Gasteiger partial charge on any atom is 0.256 e. The molecule has 1 aromatic carbocycles. The summed E-state index contributed by atoms with van der Waals surface area (Å²) in [6, 6.07) is 5.53. The van der Waals surface area contributed by atoms with E-state index < -0.39 is 0 Å². The van der Waals surface area contributed by atoms with Crippen LogP contribution >= 0.6 is 11.6 Å². The molecule has 0 aliphatic heterocycles. The Morgan fingerprint density at radius 3 is 2.57 bits per heavy atom. The molecular weight excluding hydrogens is 288 g/mol. The maximum atomic E-state index is 12.9. The summed E-state index contributed by atoms with van der Waals surface area (Å²) in [6.45, 7) is 5.30. The SMILES string of the molecule is CCC(CC)N(CCOC)C(=O)c1cc(Cl)ccc1NC. The Hall–Kier alpha value is -1.26. The van der Waals surface area contributed by atoms with Crippen LogP contribution in [0.5, 0.6) is 0 Å². The number of carbonyl (C=O) groups excluding carboxylic acids is 1. The van der Waals surface area contributed by atoms with E-state index in [0.717, 1.165) is 18.5 Å². The van der Waals surface area contributed by atoms with Gasteiger partial charge < -0.3 is 15.0 Å². The van der Waals surface area contributed by atoms with Crippen LogP contribution in [0.25, 0.3) is 0 Å². The second-order valence-corrected chi connectivity index (χ2v) is 5.34. The first-order chi connectivity index (χ1) is 10.1. The summed E-state index contributed by atoms with van der Waals surface area (Å²) in [6.07, 6.45) is 1.84. The number of ether oxygens (including phenoxy) is 1. The van der Waals surface area contributed by atoms with Crippen LogP contribution in [0.15, 0.2) is 18.2 Å². The first kappa shape index (κ1) is 17.8. The van der Waals surface area contributed by atoms with Crippen molar-refractivity contribution in [2.45, 2.75) is 32.7 Å². The van der Waals surface area contributed by atoms with Gasteiger partial charge in [0.05, 0.1) is 12.2 Å². The molecule has 0 aromatic heterocycles. The average molecular weight is 313 g/mol. The predicted octanol–water partition coefficient (Wildman–Crippen LogP) is 3.66. The molecule has 1 amide bonds. The summed E-state index contributed by atoms with van der Waals surface area (Å²) in [5, 5.41) is 3.62. The number of hydrogen-bond acceptors (Lipinski definition) is 3. The number of halogens is 1. The third kappa shape index (κ3) is 4.61. The monoisotopic (exact) mass is 312 g/mol. The van der Waals surface area contributed by atoms with Gasteiger partial charge in [-0.3, -0.25) is 4.79 Å². The molecule has 0 heterocycles. The maximum absolute atomic E-state index is 12.9. The fourth-order valence-electron chi connectivity index (χ4n) is 2.44. The molecule has 4 nitrogen and oxygen atoms in total. The largest absolute Gasteiger partial charge is 0.387 e. The molecule has 1 N–H and O–H groups in total. The third-order valence-electron chi connectivity index (χ3n) is 3.66. The normalized spacial score (nSPS) is 10.8. The van der Waals surface area contributed by atoms with Gasteiger partial charge in [-0.1, -0.05) is 25.4 Å². The number of anilines is 1. The van der Waals surface area contributed by atoms with E-state index in [1.165, 1.54) is 0 Å². The molecule has 0 saturated heterocycles. The second kappa shape index (κ2) is 8.90. The highest BCUT2D eigenvalue weighted by Crippen LogP contribution is 2.23. The Morgan fingerprint density at radius 1 is 1.38 bits per heavy atom. The zero-order valence-electron chi connectivity index (χ0n) is 13.3. The van der Waals surface area contributed by atoms with Gasteiger partial charge in [-0.25, -0.2) is 0 Å². The Labute approximate surface area is 132 Å². The molecule has 0 fully saturated rings. The Kier molecular flexibility index (Phi) is 7.54. The summed E-state index contributed by atoms with van der Waals surface area (Å²) >= 11 is 6.05. The molecule has 0 atom stereocenters. The molecule has 1 aromatic rings. The highest BCUT2D eigenvalue weighted by molar-refractivity contribution is 6.31. The van der Waals surface area contributed by atoms with Crippen molar-refractivity contribution in [1.82, 2.24) is 4.90 Å². The fourth-order valence-corrected chi connectivity index (χ4v) is 2.61. The van der Waals surface area contributed by atoms with Crippen LogP contribution in [0.3, 0.4) is 0 Å². The van der Waals surface area contributed by atoms with Crippen molar-refractivity contribution in [3.63, 3.8) is 0 Å². The summed E-state index contributed by atoms with van der Waals surface area (Å²) in [7, 11) is 3.45. The van der Waals surface area contributed by atoms with Gasteiger partial charge in [0.15, 0.2) is 0 Å². The number of nitrogens with one attached hydrogen (secondary N) is 1. The molecule has 0 saturated carbocycles. The highest BCUT2D eigenvalue weighted by Gasteiger charge is 2.24. The van der Waals surface area contributed by atoms with E-state index in [-0.39, 0.29) is 11.9 Å². The Balaban J connectivity index is 3.11. The molecule has 0 aliphatic rings. The predicted molar refractivity (Wildman–Crippen MR) is 88.3 cm³/mol. The topological polar surface area (TPSA) is 41.6 Å². The minimum Gasteiger partial charge on any atom is -0.387 e. The van der Waals surface area contributed by atoms with Gasteiger partial charge >= 0.3 is 0 Å². The second-order valence-electron chi connectivity index (χ2n) is 4.90. The highest BCUT2D eigenvalue weighted by atomic mass is 35.5. The van der Waals surface area contributed by atoms with Crippen molar-refractivity contribution in [3.05, 3.63) is 28.8 Å². The van der Waals surface area contributed by atoms with Gasteiger partial charge in [0, 0.05) is 37.5 Å². The van der Waals surface area contributed by atoms with Crippen molar-refractivity contribution in [2.75, 3.05) is 32.6 Å². The molecule has 0 unspecified atom stereocenters. The van der Waals surface area contributed by atoms with E-state index in [0.29, 0.717) is 23.7 Å². The average Bonchev–Trinajstić information content (AvgIpc) is 2.50. The summed E-state index contributed by atoms with van der Waals surface area (Å²) in [4.78, 5) is 14.8. The van der Waals surface area contributed by atoms with Gasteiger partial charge in [-0.05, 0) is 31.0 Å². The number of hydrogen-bond donors (Lipinski definition) is 1. The van der Waals surface area contributed by atoms with Gasteiger partial charge in [0.1, 0.15) is 0 Å². The van der Waals surface area contributed by atoms with Crippen molar-refractivity contribution < 1.29 is 9.53 Å². The Morgan fingerprint density at radius 2 is 2.05 bits per heavy atom. The van der Waals surface area contributed by atoms with Crippen LogP contribution in [0.1, 0.15) is 37.0 Å². The molecule has 0 aliphatic carbocycles. The Bertz CT molecular complexity index is 462. The number of nitrogens with zero attached hydrogens (tertiary/aromatic N) is 1. The number of benzene rings is 1. The molecule has 0 spiro atoms. The lowest BCUT2D eigenvalue weighted by Gasteiger charge is -2.31. The van der Waals surface area contributed by atoms with Crippen molar-refractivity contribution >= 4 is 23.2 Å². The number of methoxy groups -OCH3 is 1. The lowest BCUT2D eigenvalue weighted by atomic mass is 10.1. The van der Waals surface area contributed by atoms with Crippen molar-refractivity contribution in [1.29, 1.82) is 0 Å². The molecular formula is C16H25ClN2O2.